The van der Waals surface area contributed by atoms with E-state index in [1.807, 2.05) is 43.3 Å². The molecular formula is C18H22N2O2. The van der Waals surface area contributed by atoms with Gasteiger partial charge in [-0.05, 0) is 63.2 Å². The molecule has 0 aliphatic rings. The number of hydrogen-bond donors (Lipinski definition) is 1. The topological polar surface area (TPSA) is 45.5 Å². The molecule has 0 saturated carbocycles. The summed E-state index contributed by atoms with van der Waals surface area (Å²) in [6.45, 7) is 8.05. The summed E-state index contributed by atoms with van der Waals surface area (Å²) in [7, 11) is 0. The lowest BCUT2D eigenvalue weighted by Crippen LogP contribution is -2.21. The van der Waals surface area contributed by atoms with Crippen LogP contribution in [0.5, 0.6) is 0 Å². The van der Waals surface area contributed by atoms with Crippen LogP contribution in [0.25, 0.3) is 6.08 Å². The molecule has 1 aromatic heterocycles. The van der Waals surface area contributed by atoms with Crippen molar-refractivity contribution in [3.8, 4) is 0 Å². The molecule has 0 fully saturated rings. The van der Waals surface area contributed by atoms with Gasteiger partial charge in [-0.2, -0.15) is 0 Å². The van der Waals surface area contributed by atoms with E-state index in [1.165, 1.54) is 6.08 Å². The Morgan fingerprint density at radius 1 is 1.14 bits per heavy atom. The maximum atomic E-state index is 11.9. The molecule has 116 valence electrons. The number of carbonyl (C=O) groups is 1. The molecule has 2 aromatic rings. The van der Waals surface area contributed by atoms with Crippen LogP contribution < -0.4 is 10.2 Å². The van der Waals surface area contributed by atoms with Crippen molar-refractivity contribution in [2.24, 2.45) is 0 Å². The zero-order valence-corrected chi connectivity index (χ0v) is 13.3. The van der Waals surface area contributed by atoms with Gasteiger partial charge in [0.15, 0.2) is 0 Å². The van der Waals surface area contributed by atoms with Crippen LogP contribution >= 0.6 is 0 Å². The van der Waals surface area contributed by atoms with Crippen molar-refractivity contribution in [2.45, 2.75) is 20.8 Å². The molecule has 22 heavy (non-hydrogen) atoms. The van der Waals surface area contributed by atoms with Crippen molar-refractivity contribution < 1.29 is 9.21 Å². The first-order chi connectivity index (χ1) is 10.6. The molecule has 4 heteroatoms. The van der Waals surface area contributed by atoms with Gasteiger partial charge < -0.3 is 14.6 Å². The first-order valence-electron chi connectivity index (χ1n) is 7.53. The molecule has 0 bridgehead atoms. The van der Waals surface area contributed by atoms with Gasteiger partial charge in [-0.3, -0.25) is 4.79 Å². The van der Waals surface area contributed by atoms with E-state index in [0.29, 0.717) is 5.76 Å². The number of benzene rings is 1. The van der Waals surface area contributed by atoms with Gasteiger partial charge in [0.2, 0.25) is 5.91 Å². The summed E-state index contributed by atoms with van der Waals surface area (Å²) in [6.07, 6.45) is 3.13. The lowest BCUT2D eigenvalue weighted by Gasteiger charge is -2.21. The van der Waals surface area contributed by atoms with Gasteiger partial charge in [0.1, 0.15) is 11.5 Å². The summed E-state index contributed by atoms with van der Waals surface area (Å²) in [5.74, 6) is 1.32. The molecule has 0 spiro atoms. The summed E-state index contributed by atoms with van der Waals surface area (Å²) in [6, 6.07) is 11.6. The number of aryl methyl sites for hydroxylation is 1. The summed E-state index contributed by atoms with van der Waals surface area (Å²) in [5.41, 5.74) is 1.94. The molecule has 2 rings (SSSR count). The minimum absolute atomic E-state index is 0.176. The number of hydrogen-bond acceptors (Lipinski definition) is 3. The molecule has 1 amide bonds. The number of carbonyl (C=O) groups excluding carboxylic acids is 1. The Labute approximate surface area is 131 Å². The van der Waals surface area contributed by atoms with Gasteiger partial charge in [0.05, 0.1) is 0 Å². The third-order valence-electron chi connectivity index (χ3n) is 3.42. The van der Waals surface area contributed by atoms with E-state index in [2.05, 4.69) is 24.1 Å². The predicted molar refractivity (Wildman–Crippen MR) is 91.1 cm³/mol. The molecule has 1 N–H and O–H groups in total. The fraction of sp³-hybridized carbons (Fsp3) is 0.278. The van der Waals surface area contributed by atoms with Gasteiger partial charge in [0.25, 0.3) is 0 Å². The van der Waals surface area contributed by atoms with Crippen LogP contribution in [0.4, 0.5) is 11.4 Å². The van der Waals surface area contributed by atoms with Crippen LogP contribution in [0.1, 0.15) is 25.4 Å². The average Bonchev–Trinajstić information content (AvgIpc) is 2.94. The van der Waals surface area contributed by atoms with Gasteiger partial charge in [-0.1, -0.05) is 0 Å². The van der Waals surface area contributed by atoms with Crippen LogP contribution in [-0.4, -0.2) is 19.0 Å². The second-order valence-corrected chi connectivity index (χ2v) is 4.99. The van der Waals surface area contributed by atoms with Gasteiger partial charge in [-0.25, -0.2) is 0 Å². The number of anilines is 2. The zero-order chi connectivity index (χ0) is 15.9. The third-order valence-corrected chi connectivity index (χ3v) is 3.42. The Morgan fingerprint density at radius 3 is 2.36 bits per heavy atom. The molecule has 0 aliphatic carbocycles. The largest absolute Gasteiger partial charge is 0.462 e. The Bertz CT molecular complexity index is 637. The maximum Gasteiger partial charge on any atom is 0.248 e. The predicted octanol–water partition coefficient (Wildman–Crippen LogP) is 4.09. The Kier molecular flexibility index (Phi) is 5.42. The maximum absolute atomic E-state index is 11.9. The average molecular weight is 298 g/mol. The fourth-order valence-corrected chi connectivity index (χ4v) is 2.23. The van der Waals surface area contributed by atoms with Crippen LogP contribution in [0, 0.1) is 6.92 Å². The van der Waals surface area contributed by atoms with E-state index in [1.54, 1.807) is 6.08 Å². The Morgan fingerprint density at radius 2 is 1.82 bits per heavy atom. The number of furan rings is 1. The zero-order valence-electron chi connectivity index (χ0n) is 13.3. The fourth-order valence-electron chi connectivity index (χ4n) is 2.23. The quantitative estimate of drug-likeness (QED) is 0.817. The smallest absolute Gasteiger partial charge is 0.248 e. The molecule has 1 heterocycles. The summed E-state index contributed by atoms with van der Waals surface area (Å²) >= 11 is 0. The van der Waals surface area contributed by atoms with Crippen LogP contribution in [0.15, 0.2) is 46.9 Å². The highest BCUT2D eigenvalue weighted by molar-refractivity contribution is 6.01. The SMILES string of the molecule is CCN(CC)c1ccc(NC(=O)C=Cc2ccc(C)o2)cc1. The van der Waals surface area contributed by atoms with E-state index < -0.39 is 0 Å². The molecule has 0 aliphatic heterocycles. The first kappa shape index (κ1) is 15.9. The van der Waals surface area contributed by atoms with E-state index in [4.69, 9.17) is 4.42 Å². The van der Waals surface area contributed by atoms with E-state index in [9.17, 15) is 4.79 Å². The van der Waals surface area contributed by atoms with E-state index in [-0.39, 0.29) is 5.91 Å². The van der Waals surface area contributed by atoms with Crippen LogP contribution in [0.2, 0.25) is 0 Å². The molecule has 4 nitrogen and oxygen atoms in total. The van der Waals surface area contributed by atoms with E-state index in [0.717, 1.165) is 30.2 Å². The highest BCUT2D eigenvalue weighted by Gasteiger charge is 2.03. The highest BCUT2D eigenvalue weighted by Crippen LogP contribution is 2.17. The second-order valence-electron chi connectivity index (χ2n) is 4.99. The minimum Gasteiger partial charge on any atom is -0.462 e. The first-order valence-corrected chi connectivity index (χ1v) is 7.53. The third kappa shape index (κ3) is 4.25. The standard InChI is InChI=1S/C18H22N2O2/c1-4-20(5-2)16-9-7-15(8-10-16)19-18(21)13-12-17-11-6-14(3)22-17/h6-13H,4-5H2,1-3H3,(H,19,21). The van der Waals surface area contributed by atoms with Crippen molar-refractivity contribution in [1.82, 2.24) is 0 Å². The van der Waals surface area contributed by atoms with Crippen molar-refractivity contribution in [1.29, 1.82) is 0 Å². The molecule has 1 aromatic carbocycles. The van der Waals surface area contributed by atoms with Gasteiger partial charge >= 0.3 is 0 Å². The minimum atomic E-state index is -0.176. The lowest BCUT2D eigenvalue weighted by atomic mass is 10.2. The monoisotopic (exact) mass is 298 g/mol. The number of amides is 1. The van der Waals surface area contributed by atoms with Crippen molar-refractivity contribution in [3.05, 3.63) is 54.0 Å². The summed E-state index contributed by atoms with van der Waals surface area (Å²) in [5, 5.41) is 2.84. The molecule has 0 radical (unpaired) electrons. The summed E-state index contributed by atoms with van der Waals surface area (Å²) in [4.78, 5) is 14.1. The molecule has 0 saturated heterocycles. The molecule has 0 unspecified atom stereocenters. The van der Waals surface area contributed by atoms with Crippen molar-refractivity contribution in [2.75, 3.05) is 23.3 Å². The molecule has 0 atom stereocenters. The Hall–Kier alpha value is -2.49. The van der Waals surface area contributed by atoms with Crippen molar-refractivity contribution >= 4 is 23.4 Å². The second kappa shape index (κ2) is 7.50. The Balaban J connectivity index is 1.95. The van der Waals surface area contributed by atoms with Crippen LogP contribution in [-0.2, 0) is 4.79 Å². The van der Waals surface area contributed by atoms with Gasteiger partial charge in [0, 0.05) is 30.5 Å². The normalized spacial score (nSPS) is 10.9. The van der Waals surface area contributed by atoms with Gasteiger partial charge in [-0.15, -0.1) is 0 Å². The van der Waals surface area contributed by atoms with E-state index >= 15 is 0 Å². The summed E-state index contributed by atoms with van der Waals surface area (Å²) < 4.78 is 5.38. The van der Waals surface area contributed by atoms with Crippen LogP contribution in [0.3, 0.4) is 0 Å². The number of nitrogens with one attached hydrogen (secondary N) is 1. The van der Waals surface area contributed by atoms with Crippen molar-refractivity contribution in [3.63, 3.8) is 0 Å². The number of rotatable bonds is 6. The number of nitrogens with zero attached hydrogens (tertiary/aromatic N) is 1. The molecular weight excluding hydrogens is 276 g/mol. The highest BCUT2D eigenvalue weighted by atomic mass is 16.3. The lowest BCUT2D eigenvalue weighted by molar-refractivity contribution is -0.111.